The molecule has 0 N–H and O–H groups in total. The van der Waals surface area contributed by atoms with Crippen LogP contribution in [0, 0.1) is 5.82 Å². The molecule has 0 saturated carbocycles. The highest BCUT2D eigenvalue weighted by atomic mass is 35.5. The summed E-state index contributed by atoms with van der Waals surface area (Å²) in [4.78, 5) is 16.5. The van der Waals surface area contributed by atoms with Gasteiger partial charge in [-0.15, -0.1) is 0 Å². The Hall–Kier alpha value is -2.31. The van der Waals surface area contributed by atoms with Gasteiger partial charge in [-0.3, -0.25) is 9.69 Å². The van der Waals surface area contributed by atoms with Crippen LogP contribution in [0.2, 0.25) is 5.02 Å². The molecule has 1 saturated heterocycles. The first kappa shape index (κ1) is 19.5. The Morgan fingerprint density at radius 3 is 2.48 bits per heavy atom. The number of halogens is 2. The average molecular weight is 393 g/mol. The van der Waals surface area contributed by atoms with Crippen molar-refractivity contribution in [3.63, 3.8) is 0 Å². The van der Waals surface area contributed by atoms with Crippen molar-refractivity contribution < 1.29 is 18.7 Å². The van der Waals surface area contributed by atoms with Crippen LogP contribution in [0.25, 0.3) is 0 Å². The highest BCUT2D eigenvalue weighted by Crippen LogP contribution is 2.26. The van der Waals surface area contributed by atoms with E-state index in [-0.39, 0.29) is 16.5 Å². The Labute approximate surface area is 163 Å². The van der Waals surface area contributed by atoms with Crippen LogP contribution in [-0.4, -0.2) is 56.1 Å². The van der Waals surface area contributed by atoms with E-state index in [9.17, 15) is 9.18 Å². The molecule has 2 aromatic rings. The largest absolute Gasteiger partial charge is 0.497 e. The van der Waals surface area contributed by atoms with E-state index in [1.54, 1.807) is 19.1 Å². The lowest BCUT2D eigenvalue weighted by atomic mass is 10.1. The third kappa shape index (κ3) is 4.34. The van der Waals surface area contributed by atoms with Crippen molar-refractivity contribution in [1.82, 2.24) is 9.80 Å². The van der Waals surface area contributed by atoms with Crippen LogP contribution in [0.3, 0.4) is 0 Å². The molecule has 0 radical (unpaired) electrons. The van der Waals surface area contributed by atoms with Gasteiger partial charge in [-0.1, -0.05) is 17.7 Å². The van der Waals surface area contributed by atoms with E-state index in [0.717, 1.165) is 17.1 Å². The molecular weight excluding hydrogens is 371 g/mol. The molecule has 0 atom stereocenters. The summed E-state index contributed by atoms with van der Waals surface area (Å²) in [6.07, 6.45) is 0. The first-order valence-corrected chi connectivity index (χ1v) is 9.08. The molecule has 5 nitrogen and oxygen atoms in total. The van der Waals surface area contributed by atoms with Gasteiger partial charge in [0.25, 0.3) is 5.91 Å². The second-order valence-electron chi connectivity index (χ2n) is 6.34. The fourth-order valence-corrected chi connectivity index (χ4v) is 3.46. The number of hydrogen-bond donors (Lipinski definition) is 0. The van der Waals surface area contributed by atoms with Crippen LogP contribution in [0.15, 0.2) is 36.4 Å². The zero-order chi connectivity index (χ0) is 19.4. The van der Waals surface area contributed by atoms with Crippen molar-refractivity contribution in [3.05, 3.63) is 58.4 Å². The first-order valence-electron chi connectivity index (χ1n) is 8.70. The first-order chi connectivity index (χ1) is 13.0. The molecule has 2 aromatic carbocycles. The molecule has 0 aromatic heterocycles. The Bertz CT molecular complexity index is 803. The van der Waals surface area contributed by atoms with Gasteiger partial charge in [0, 0.05) is 38.3 Å². The Kier molecular flexibility index (Phi) is 6.19. The van der Waals surface area contributed by atoms with E-state index < -0.39 is 5.82 Å². The number of ether oxygens (including phenoxy) is 2. The van der Waals surface area contributed by atoms with Crippen LogP contribution in [-0.2, 0) is 6.54 Å². The van der Waals surface area contributed by atoms with E-state index in [1.165, 1.54) is 18.2 Å². The molecule has 7 heteroatoms. The molecule has 1 aliphatic rings. The van der Waals surface area contributed by atoms with Crippen molar-refractivity contribution in [1.29, 1.82) is 0 Å². The van der Waals surface area contributed by atoms with Gasteiger partial charge in [-0.05, 0) is 30.3 Å². The second-order valence-corrected chi connectivity index (χ2v) is 6.75. The number of amides is 1. The second kappa shape index (κ2) is 8.59. The molecule has 0 aliphatic carbocycles. The molecular formula is C20H22ClFN2O3. The summed E-state index contributed by atoms with van der Waals surface area (Å²) in [5.41, 5.74) is 0.968. The average Bonchev–Trinajstić information content (AvgIpc) is 2.68. The van der Waals surface area contributed by atoms with Crippen molar-refractivity contribution >= 4 is 17.5 Å². The van der Waals surface area contributed by atoms with Crippen molar-refractivity contribution in [2.75, 3.05) is 40.4 Å². The number of benzene rings is 2. The van der Waals surface area contributed by atoms with Crippen molar-refractivity contribution in [3.8, 4) is 11.5 Å². The number of carbonyl (C=O) groups excluding carboxylic acids is 1. The van der Waals surface area contributed by atoms with Crippen LogP contribution >= 0.6 is 11.6 Å². The zero-order valence-corrected chi connectivity index (χ0v) is 16.1. The molecule has 1 aliphatic heterocycles. The summed E-state index contributed by atoms with van der Waals surface area (Å²) in [6, 6.07) is 9.97. The Balaban J connectivity index is 1.65. The maximum Gasteiger partial charge on any atom is 0.258 e. The van der Waals surface area contributed by atoms with Gasteiger partial charge < -0.3 is 14.4 Å². The van der Waals surface area contributed by atoms with Gasteiger partial charge >= 0.3 is 0 Å². The number of piperazine rings is 1. The standard InChI is InChI=1S/C20H22ClFN2O3/c1-26-15-6-7-18(27-2)14(12-15)13-23-8-10-24(11-9-23)20(25)19-16(21)4-3-5-17(19)22/h3-7,12H,8-11,13H2,1-2H3. The fraction of sp³-hybridized carbons (Fsp3) is 0.350. The van der Waals surface area contributed by atoms with Crippen LogP contribution in [0.5, 0.6) is 11.5 Å². The molecule has 1 heterocycles. The topological polar surface area (TPSA) is 42.0 Å². The highest BCUT2D eigenvalue weighted by molar-refractivity contribution is 6.33. The minimum Gasteiger partial charge on any atom is -0.497 e. The van der Waals surface area contributed by atoms with Crippen molar-refractivity contribution in [2.45, 2.75) is 6.54 Å². The zero-order valence-electron chi connectivity index (χ0n) is 15.4. The number of hydrogen-bond acceptors (Lipinski definition) is 4. The summed E-state index contributed by atoms with van der Waals surface area (Å²) in [6.45, 7) is 3.06. The third-order valence-corrected chi connectivity index (χ3v) is 5.03. The summed E-state index contributed by atoms with van der Waals surface area (Å²) in [7, 11) is 3.27. The number of nitrogens with zero attached hydrogens (tertiary/aromatic N) is 2. The number of methoxy groups -OCH3 is 2. The molecule has 3 rings (SSSR count). The normalized spacial score (nSPS) is 14.9. The minimum atomic E-state index is -0.587. The van der Waals surface area contributed by atoms with Gasteiger partial charge in [0.2, 0.25) is 0 Å². The Morgan fingerprint density at radius 2 is 1.85 bits per heavy atom. The van der Waals surface area contributed by atoms with Crippen LogP contribution in [0.1, 0.15) is 15.9 Å². The quantitative estimate of drug-likeness (QED) is 0.781. The fourth-order valence-electron chi connectivity index (χ4n) is 3.22. The summed E-state index contributed by atoms with van der Waals surface area (Å²) < 4.78 is 24.7. The summed E-state index contributed by atoms with van der Waals surface area (Å²) >= 11 is 6.02. The Morgan fingerprint density at radius 1 is 1.11 bits per heavy atom. The van der Waals surface area contributed by atoms with E-state index >= 15 is 0 Å². The maximum atomic E-state index is 14.0. The van der Waals surface area contributed by atoms with Gasteiger partial charge in [0.1, 0.15) is 17.3 Å². The van der Waals surface area contributed by atoms with Gasteiger partial charge in [-0.25, -0.2) is 4.39 Å². The van der Waals surface area contributed by atoms with Gasteiger partial charge in [0.15, 0.2) is 0 Å². The molecule has 1 fully saturated rings. The SMILES string of the molecule is COc1ccc(OC)c(CN2CCN(C(=O)c3c(F)cccc3Cl)CC2)c1. The number of carbonyl (C=O) groups is 1. The van der Waals surface area contributed by atoms with Crippen molar-refractivity contribution in [2.24, 2.45) is 0 Å². The predicted octanol–water partition coefficient (Wildman–Crippen LogP) is 3.45. The lowest BCUT2D eigenvalue weighted by Crippen LogP contribution is -2.48. The van der Waals surface area contributed by atoms with Gasteiger partial charge in [-0.2, -0.15) is 0 Å². The molecule has 0 bridgehead atoms. The lowest BCUT2D eigenvalue weighted by Gasteiger charge is -2.35. The monoisotopic (exact) mass is 392 g/mol. The molecule has 0 spiro atoms. The molecule has 0 unspecified atom stereocenters. The lowest BCUT2D eigenvalue weighted by molar-refractivity contribution is 0.0623. The van der Waals surface area contributed by atoms with E-state index in [0.29, 0.717) is 32.7 Å². The summed E-state index contributed by atoms with van der Waals surface area (Å²) in [5, 5.41) is 0.142. The maximum absolute atomic E-state index is 14.0. The van der Waals surface area contributed by atoms with E-state index in [4.69, 9.17) is 21.1 Å². The van der Waals surface area contributed by atoms with Gasteiger partial charge in [0.05, 0.1) is 24.8 Å². The van der Waals surface area contributed by atoms with Crippen LogP contribution in [0.4, 0.5) is 4.39 Å². The smallest absolute Gasteiger partial charge is 0.258 e. The predicted molar refractivity (Wildman–Crippen MR) is 102 cm³/mol. The summed E-state index contributed by atoms with van der Waals surface area (Å²) in [5.74, 6) is 0.619. The molecule has 144 valence electrons. The third-order valence-electron chi connectivity index (χ3n) is 4.72. The van der Waals surface area contributed by atoms with Crippen LogP contribution < -0.4 is 9.47 Å². The molecule has 1 amide bonds. The van der Waals surface area contributed by atoms with E-state index in [2.05, 4.69) is 4.90 Å². The van der Waals surface area contributed by atoms with E-state index in [1.807, 2.05) is 18.2 Å². The molecule has 27 heavy (non-hydrogen) atoms. The minimum absolute atomic E-state index is 0.0536. The number of rotatable bonds is 5. The highest BCUT2D eigenvalue weighted by Gasteiger charge is 2.26.